The van der Waals surface area contributed by atoms with Gasteiger partial charge < -0.3 is 10.4 Å². The normalized spacial score (nSPS) is 20.4. The zero-order valence-electron chi connectivity index (χ0n) is 22.9. The van der Waals surface area contributed by atoms with E-state index in [2.05, 4.69) is 22.3 Å². The first-order valence-electron chi connectivity index (χ1n) is 14.2. The Morgan fingerprint density at radius 2 is 1.56 bits per heavy atom. The predicted molar refractivity (Wildman–Crippen MR) is 155 cm³/mol. The SMILES string of the molecule is O=C(O)[C@@H](N=C(c1ccccc1)c1ccccc1NC(=O)[C@@H]1CCCN1Cc1ccccc1)C1CCC(F)(F)CC1. The van der Waals surface area contributed by atoms with Crippen LogP contribution < -0.4 is 5.32 Å². The molecule has 2 atom stereocenters. The van der Waals surface area contributed by atoms with E-state index in [-0.39, 0.29) is 37.6 Å². The second kappa shape index (κ2) is 12.7. The molecule has 214 valence electrons. The Morgan fingerprint density at radius 1 is 0.927 bits per heavy atom. The first-order valence-corrected chi connectivity index (χ1v) is 14.2. The minimum Gasteiger partial charge on any atom is -0.480 e. The highest BCUT2D eigenvalue weighted by Crippen LogP contribution is 2.38. The molecule has 41 heavy (non-hydrogen) atoms. The van der Waals surface area contributed by atoms with Crippen LogP contribution in [0, 0.1) is 5.92 Å². The molecule has 5 rings (SSSR count). The fourth-order valence-electron chi connectivity index (χ4n) is 5.92. The summed E-state index contributed by atoms with van der Waals surface area (Å²) >= 11 is 0. The molecule has 3 aromatic rings. The number of benzene rings is 3. The van der Waals surface area contributed by atoms with Gasteiger partial charge in [0.1, 0.15) is 0 Å². The zero-order chi connectivity index (χ0) is 28.8. The summed E-state index contributed by atoms with van der Waals surface area (Å²) in [6, 6.07) is 25.0. The van der Waals surface area contributed by atoms with Gasteiger partial charge in [-0.05, 0) is 49.8 Å². The van der Waals surface area contributed by atoms with Crippen molar-refractivity contribution in [3.8, 4) is 0 Å². The van der Waals surface area contributed by atoms with E-state index in [1.807, 2.05) is 66.7 Å². The number of likely N-dealkylation sites (tertiary alicyclic amines) is 1. The van der Waals surface area contributed by atoms with Crippen LogP contribution >= 0.6 is 0 Å². The third-order valence-corrected chi connectivity index (χ3v) is 8.11. The van der Waals surface area contributed by atoms with Crippen LogP contribution in [0.4, 0.5) is 14.5 Å². The van der Waals surface area contributed by atoms with Crippen molar-refractivity contribution >= 4 is 23.3 Å². The van der Waals surface area contributed by atoms with Crippen LogP contribution in [0.25, 0.3) is 0 Å². The van der Waals surface area contributed by atoms with Crippen LogP contribution in [0.2, 0.25) is 0 Å². The maximum absolute atomic E-state index is 13.9. The van der Waals surface area contributed by atoms with Crippen LogP contribution in [0.1, 0.15) is 55.2 Å². The summed E-state index contributed by atoms with van der Waals surface area (Å²) in [7, 11) is 0. The Bertz CT molecular complexity index is 1370. The van der Waals surface area contributed by atoms with Crippen molar-refractivity contribution in [3.63, 3.8) is 0 Å². The average Bonchev–Trinajstić information content (AvgIpc) is 3.44. The van der Waals surface area contributed by atoms with Gasteiger partial charge in [-0.25, -0.2) is 13.6 Å². The Hall–Kier alpha value is -3.91. The lowest BCUT2D eigenvalue weighted by molar-refractivity contribution is -0.141. The molecule has 6 nitrogen and oxygen atoms in total. The molecule has 1 saturated carbocycles. The number of nitrogens with one attached hydrogen (secondary N) is 1. The summed E-state index contributed by atoms with van der Waals surface area (Å²) in [6.45, 7) is 1.50. The number of hydrogen-bond donors (Lipinski definition) is 2. The molecule has 1 saturated heterocycles. The zero-order valence-corrected chi connectivity index (χ0v) is 22.9. The van der Waals surface area contributed by atoms with Gasteiger partial charge in [-0.2, -0.15) is 0 Å². The molecule has 2 aliphatic rings. The number of carbonyl (C=O) groups excluding carboxylic acids is 1. The Labute approximate surface area is 239 Å². The molecule has 0 unspecified atom stereocenters. The molecule has 0 bridgehead atoms. The molecule has 1 aliphatic carbocycles. The van der Waals surface area contributed by atoms with Crippen LogP contribution in [0.5, 0.6) is 0 Å². The van der Waals surface area contributed by atoms with Crippen molar-refractivity contribution in [1.29, 1.82) is 0 Å². The number of hydrogen-bond acceptors (Lipinski definition) is 4. The highest BCUT2D eigenvalue weighted by molar-refractivity contribution is 6.17. The number of carboxylic acids is 1. The van der Waals surface area contributed by atoms with E-state index in [0.29, 0.717) is 29.1 Å². The number of halogens is 2. The smallest absolute Gasteiger partial charge is 0.328 e. The first kappa shape index (κ1) is 28.6. The van der Waals surface area contributed by atoms with E-state index in [0.717, 1.165) is 24.9 Å². The highest BCUT2D eigenvalue weighted by atomic mass is 19.3. The fourth-order valence-corrected chi connectivity index (χ4v) is 5.92. The first-order chi connectivity index (χ1) is 19.8. The third-order valence-electron chi connectivity index (χ3n) is 8.11. The summed E-state index contributed by atoms with van der Waals surface area (Å²) in [4.78, 5) is 32.9. The van der Waals surface area contributed by atoms with E-state index in [1.165, 1.54) is 0 Å². The molecular formula is C33H35F2N3O3. The predicted octanol–water partition coefficient (Wildman–Crippen LogP) is 6.41. The lowest BCUT2D eigenvalue weighted by Crippen LogP contribution is -2.39. The molecule has 0 radical (unpaired) electrons. The summed E-state index contributed by atoms with van der Waals surface area (Å²) < 4.78 is 27.7. The van der Waals surface area contributed by atoms with E-state index in [4.69, 9.17) is 4.99 Å². The van der Waals surface area contributed by atoms with Crippen LogP contribution in [-0.2, 0) is 16.1 Å². The maximum Gasteiger partial charge on any atom is 0.328 e. The lowest BCUT2D eigenvalue weighted by Gasteiger charge is -2.30. The molecule has 2 fully saturated rings. The van der Waals surface area contributed by atoms with Gasteiger partial charge in [-0.1, -0.05) is 78.9 Å². The van der Waals surface area contributed by atoms with Gasteiger partial charge in [-0.3, -0.25) is 14.7 Å². The number of para-hydroxylation sites is 1. The Balaban J connectivity index is 1.44. The number of aliphatic carboxylic acids is 1. The number of anilines is 1. The number of carbonyl (C=O) groups is 2. The molecule has 3 aromatic carbocycles. The molecule has 0 aromatic heterocycles. The second-order valence-corrected chi connectivity index (χ2v) is 11.0. The standard InChI is InChI=1S/C33H35F2N3O3/c34-33(35)19-17-25(18-20-33)30(32(40)41)37-29(24-12-5-2-6-13-24)26-14-7-8-15-27(26)36-31(39)28-16-9-21-38(28)22-23-10-3-1-4-11-23/h1-8,10-15,25,28,30H,9,16-22H2,(H,36,39)(H,40,41)/t28-,30-/m0/s1. The Kier molecular flexibility index (Phi) is 8.88. The quantitative estimate of drug-likeness (QED) is 0.297. The van der Waals surface area contributed by atoms with E-state index >= 15 is 0 Å². The van der Waals surface area contributed by atoms with Gasteiger partial charge in [0.05, 0.1) is 17.4 Å². The minimum atomic E-state index is -2.77. The van der Waals surface area contributed by atoms with Gasteiger partial charge in [0.2, 0.25) is 11.8 Å². The van der Waals surface area contributed by atoms with Gasteiger partial charge in [0.25, 0.3) is 0 Å². The molecule has 1 aliphatic heterocycles. The van der Waals surface area contributed by atoms with E-state index in [9.17, 15) is 23.5 Å². The number of alkyl halides is 2. The van der Waals surface area contributed by atoms with Gasteiger partial charge in [0, 0.05) is 30.5 Å². The highest BCUT2D eigenvalue weighted by Gasteiger charge is 2.40. The largest absolute Gasteiger partial charge is 0.480 e. The van der Waals surface area contributed by atoms with Crippen LogP contribution in [-0.4, -0.2) is 52.1 Å². The van der Waals surface area contributed by atoms with Crippen LogP contribution in [0.3, 0.4) is 0 Å². The summed E-state index contributed by atoms with van der Waals surface area (Å²) in [6.07, 6.45) is 1.16. The van der Waals surface area contributed by atoms with E-state index < -0.39 is 23.9 Å². The topological polar surface area (TPSA) is 82.0 Å². The van der Waals surface area contributed by atoms with Crippen molar-refractivity contribution in [2.24, 2.45) is 10.9 Å². The monoisotopic (exact) mass is 559 g/mol. The second-order valence-electron chi connectivity index (χ2n) is 11.0. The fraction of sp³-hybridized carbons (Fsp3) is 0.364. The molecular weight excluding hydrogens is 524 g/mol. The minimum absolute atomic E-state index is 0.0901. The van der Waals surface area contributed by atoms with Crippen LogP contribution in [0.15, 0.2) is 89.9 Å². The number of amides is 1. The van der Waals surface area contributed by atoms with Crippen molar-refractivity contribution < 1.29 is 23.5 Å². The number of carboxylic acid groups (broad SMARTS) is 1. The van der Waals surface area contributed by atoms with Gasteiger partial charge >= 0.3 is 5.97 Å². The van der Waals surface area contributed by atoms with Gasteiger partial charge in [0.15, 0.2) is 6.04 Å². The third kappa shape index (κ3) is 7.06. The molecule has 1 amide bonds. The van der Waals surface area contributed by atoms with Gasteiger partial charge in [-0.15, -0.1) is 0 Å². The molecule has 1 heterocycles. The van der Waals surface area contributed by atoms with E-state index in [1.54, 1.807) is 6.07 Å². The average molecular weight is 560 g/mol. The van der Waals surface area contributed by atoms with Crippen molar-refractivity contribution in [2.45, 2.75) is 63.1 Å². The molecule has 2 N–H and O–H groups in total. The molecule has 8 heteroatoms. The van der Waals surface area contributed by atoms with Crippen molar-refractivity contribution in [2.75, 3.05) is 11.9 Å². The van der Waals surface area contributed by atoms with Crippen molar-refractivity contribution in [3.05, 3.63) is 102 Å². The van der Waals surface area contributed by atoms with Crippen molar-refractivity contribution in [1.82, 2.24) is 4.90 Å². The summed E-state index contributed by atoms with van der Waals surface area (Å²) in [5.74, 6) is -4.53. The number of rotatable bonds is 9. The summed E-state index contributed by atoms with van der Waals surface area (Å²) in [5, 5.41) is 13.2. The maximum atomic E-state index is 13.9. The number of aliphatic imine (C=N–C) groups is 1. The summed E-state index contributed by atoms with van der Waals surface area (Å²) in [5.41, 5.74) is 3.37. The Morgan fingerprint density at radius 3 is 2.24 bits per heavy atom. The number of nitrogens with zero attached hydrogens (tertiary/aromatic N) is 2. The lowest BCUT2D eigenvalue weighted by atomic mass is 9.82. The molecule has 0 spiro atoms.